The average Bonchev–Trinajstić information content (AvgIpc) is 2.97. The molecule has 0 spiro atoms. The summed E-state index contributed by atoms with van der Waals surface area (Å²) in [6.07, 6.45) is 2.86. The number of nitrogens with zero attached hydrogens (tertiary/aromatic N) is 2. The van der Waals surface area contributed by atoms with Gasteiger partial charge in [0.15, 0.2) is 0 Å². The van der Waals surface area contributed by atoms with Gasteiger partial charge in [-0.3, -0.25) is 9.59 Å². The van der Waals surface area contributed by atoms with Crippen molar-refractivity contribution in [1.29, 1.82) is 0 Å². The number of fused-ring (bicyclic) bond motifs is 1. The Hall–Kier alpha value is -2.30. The molecule has 2 aromatic rings. The fraction of sp³-hybridized carbons (Fsp3) is 0.412. The number of carbonyl (C=O) groups is 2. The van der Waals surface area contributed by atoms with E-state index in [0.717, 1.165) is 16.5 Å². The maximum absolute atomic E-state index is 12.5. The fourth-order valence-corrected chi connectivity index (χ4v) is 2.98. The summed E-state index contributed by atoms with van der Waals surface area (Å²) < 4.78 is 0. The van der Waals surface area contributed by atoms with Crippen LogP contribution in [0.2, 0.25) is 0 Å². The zero-order valence-electron chi connectivity index (χ0n) is 12.8. The van der Waals surface area contributed by atoms with Gasteiger partial charge in [-0.05, 0) is 11.6 Å². The van der Waals surface area contributed by atoms with Crippen LogP contribution in [0.15, 0.2) is 30.5 Å². The molecule has 116 valence electrons. The van der Waals surface area contributed by atoms with Gasteiger partial charge >= 0.3 is 0 Å². The van der Waals surface area contributed by atoms with Crippen molar-refractivity contribution in [2.24, 2.45) is 0 Å². The standard InChI is InChI=1S/C17H21N3O2/c1-2-16(21)19-7-9-20(10-8-19)17(22)11-13-12-18-15-6-4-3-5-14(13)15/h3-6,12,18H,2,7-11H2,1H3. The molecule has 3 rings (SSSR count). The number of H-pyrrole nitrogens is 1. The van der Waals surface area contributed by atoms with Crippen molar-refractivity contribution in [3.8, 4) is 0 Å². The molecule has 0 bridgehead atoms. The molecule has 0 atom stereocenters. The Kier molecular flexibility index (Phi) is 4.13. The monoisotopic (exact) mass is 299 g/mol. The van der Waals surface area contributed by atoms with Crippen molar-refractivity contribution in [2.45, 2.75) is 19.8 Å². The maximum Gasteiger partial charge on any atom is 0.227 e. The summed E-state index contributed by atoms with van der Waals surface area (Å²) in [4.78, 5) is 31.0. The van der Waals surface area contributed by atoms with Crippen molar-refractivity contribution in [2.75, 3.05) is 26.2 Å². The molecular weight excluding hydrogens is 278 g/mol. The summed E-state index contributed by atoms with van der Waals surface area (Å²) in [6.45, 7) is 4.43. The Labute approximate surface area is 129 Å². The van der Waals surface area contributed by atoms with Gasteiger partial charge in [0.25, 0.3) is 0 Å². The average molecular weight is 299 g/mol. The number of hydrogen-bond donors (Lipinski definition) is 1. The van der Waals surface area contributed by atoms with Gasteiger partial charge in [-0.2, -0.15) is 0 Å². The largest absolute Gasteiger partial charge is 0.361 e. The van der Waals surface area contributed by atoms with E-state index >= 15 is 0 Å². The molecule has 5 heteroatoms. The van der Waals surface area contributed by atoms with E-state index in [9.17, 15) is 9.59 Å². The van der Waals surface area contributed by atoms with Crippen LogP contribution in [0.5, 0.6) is 0 Å². The molecule has 22 heavy (non-hydrogen) atoms. The fourth-order valence-electron chi connectivity index (χ4n) is 2.98. The normalized spacial score (nSPS) is 15.3. The highest BCUT2D eigenvalue weighted by Crippen LogP contribution is 2.19. The van der Waals surface area contributed by atoms with Crippen LogP contribution in [0, 0.1) is 0 Å². The van der Waals surface area contributed by atoms with Gasteiger partial charge in [0.1, 0.15) is 0 Å². The van der Waals surface area contributed by atoms with Gasteiger partial charge in [-0.25, -0.2) is 0 Å². The summed E-state index contributed by atoms with van der Waals surface area (Å²) in [5.41, 5.74) is 2.09. The highest BCUT2D eigenvalue weighted by molar-refractivity contribution is 5.89. The van der Waals surface area contributed by atoms with Crippen LogP contribution in [0.1, 0.15) is 18.9 Å². The Morgan fingerprint density at radius 2 is 1.68 bits per heavy atom. The lowest BCUT2D eigenvalue weighted by Crippen LogP contribution is -2.50. The van der Waals surface area contributed by atoms with E-state index in [0.29, 0.717) is 39.0 Å². The number of rotatable bonds is 3. The van der Waals surface area contributed by atoms with E-state index in [1.807, 2.05) is 47.2 Å². The van der Waals surface area contributed by atoms with Crippen LogP contribution >= 0.6 is 0 Å². The first-order valence-corrected chi connectivity index (χ1v) is 7.79. The molecule has 2 amide bonds. The molecule has 0 unspecified atom stereocenters. The van der Waals surface area contributed by atoms with Gasteiger partial charge in [0.05, 0.1) is 6.42 Å². The predicted octanol–water partition coefficient (Wildman–Crippen LogP) is 1.79. The molecule has 1 saturated heterocycles. The van der Waals surface area contributed by atoms with Crippen LogP contribution in [-0.2, 0) is 16.0 Å². The number of hydrogen-bond acceptors (Lipinski definition) is 2. The third-order valence-corrected chi connectivity index (χ3v) is 4.30. The van der Waals surface area contributed by atoms with Crippen molar-refractivity contribution >= 4 is 22.7 Å². The number of aromatic nitrogens is 1. The number of para-hydroxylation sites is 1. The summed E-state index contributed by atoms with van der Waals surface area (Å²) in [5.74, 6) is 0.303. The van der Waals surface area contributed by atoms with Crippen molar-refractivity contribution in [3.05, 3.63) is 36.0 Å². The molecule has 0 radical (unpaired) electrons. The van der Waals surface area contributed by atoms with Gasteiger partial charge in [-0.15, -0.1) is 0 Å². The molecule has 0 aliphatic carbocycles. The van der Waals surface area contributed by atoms with Gasteiger partial charge in [0.2, 0.25) is 11.8 Å². The molecule has 5 nitrogen and oxygen atoms in total. The lowest BCUT2D eigenvalue weighted by atomic mass is 10.1. The molecule has 1 aliphatic rings. The predicted molar refractivity (Wildman–Crippen MR) is 85.5 cm³/mol. The van der Waals surface area contributed by atoms with Crippen molar-refractivity contribution < 1.29 is 9.59 Å². The minimum atomic E-state index is 0.133. The lowest BCUT2D eigenvalue weighted by Gasteiger charge is -2.34. The van der Waals surface area contributed by atoms with Crippen LogP contribution in [0.3, 0.4) is 0 Å². The number of piperazine rings is 1. The Balaban J connectivity index is 1.62. The first-order chi connectivity index (χ1) is 10.7. The number of carbonyl (C=O) groups excluding carboxylic acids is 2. The van der Waals surface area contributed by atoms with E-state index in [1.165, 1.54) is 0 Å². The maximum atomic E-state index is 12.5. The third kappa shape index (κ3) is 2.84. The molecule has 1 aromatic heterocycles. The van der Waals surface area contributed by atoms with E-state index in [4.69, 9.17) is 0 Å². The first-order valence-electron chi connectivity index (χ1n) is 7.79. The van der Waals surface area contributed by atoms with Crippen LogP contribution in [-0.4, -0.2) is 52.8 Å². The minimum Gasteiger partial charge on any atom is -0.361 e. The van der Waals surface area contributed by atoms with Crippen LogP contribution in [0.25, 0.3) is 10.9 Å². The molecule has 1 aliphatic heterocycles. The number of amides is 2. The van der Waals surface area contributed by atoms with E-state index in [1.54, 1.807) is 0 Å². The zero-order chi connectivity index (χ0) is 15.5. The van der Waals surface area contributed by atoms with Gasteiger partial charge in [-0.1, -0.05) is 25.1 Å². The number of benzene rings is 1. The molecular formula is C17H21N3O2. The van der Waals surface area contributed by atoms with E-state index in [2.05, 4.69) is 4.98 Å². The summed E-state index contributed by atoms with van der Waals surface area (Å²) in [7, 11) is 0. The molecule has 0 saturated carbocycles. The Bertz CT molecular complexity index is 684. The van der Waals surface area contributed by atoms with Crippen molar-refractivity contribution in [3.63, 3.8) is 0 Å². The minimum absolute atomic E-state index is 0.133. The smallest absolute Gasteiger partial charge is 0.227 e. The van der Waals surface area contributed by atoms with E-state index in [-0.39, 0.29) is 11.8 Å². The second-order valence-corrected chi connectivity index (χ2v) is 5.65. The first kappa shape index (κ1) is 14.6. The molecule has 1 fully saturated rings. The number of aromatic amines is 1. The summed E-state index contributed by atoms with van der Waals surface area (Å²) >= 11 is 0. The second-order valence-electron chi connectivity index (χ2n) is 5.65. The molecule has 2 heterocycles. The summed E-state index contributed by atoms with van der Waals surface area (Å²) in [6, 6.07) is 8.01. The highest BCUT2D eigenvalue weighted by Gasteiger charge is 2.23. The number of nitrogens with one attached hydrogen (secondary N) is 1. The zero-order valence-corrected chi connectivity index (χ0v) is 12.8. The highest BCUT2D eigenvalue weighted by atomic mass is 16.2. The lowest BCUT2D eigenvalue weighted by molar-refractivity contribution is -0.139. The van der Waals surface area contributed by atoms with Gasteiger partial charge < -0.3 is 14.8 Å². The summed E-state index contributed by atoms with van der Waals surface area (Å²) in [5, 5.41) is 1.11. The van der Waals surface area contributed by atoms with Crippen LogP contribution in [0.4, 0.5) is 0 Å². The second kappa shape index (κ2) is 6.22. The molecule has 1 N–H and O–H groups in total. The topological polar surface area (TPSA) is 56.4 Å². The molecule has 1 aromatic carbocycles. The SMILES string of the molecule is CCC(=O)N1CCN(C(=O)Cc2c[nH]c3ccccc23)CC1. The van der Waals surface area contributed by atoms with Crippen molar-refractivity contribution in [1.82, 2.24) is 14.8 Å². The Morgan fingerprint density at radius 1 is 1.05 bits per heavy atom. The van der Waals surface area contributed by atoms with Crippen LogP contribution < -0.4 is 0 Å². The third-order valence-electron chi connectivity index (χ3n) is 4.30. The van der Waals surface area contributed by atoms with E-state index < -0.39 is 0 Å². The Morgan fingerprint density at radius 3 is 2.36 bits per heavy atom. The van der Waals surface area contributed by atoms with Gasteiger partial charge in [0, 0.05) is 49.7 Å². The quantitative estimate of drug-likeness (QED) is 0.939.